The molecule has 0 aromatic rings. The fraction of sp³-hybridized carbons (Fsp3) is 0.774. The van der Waals surface area contributed by atoms with Crippen LogP contribution in [0.3, 0.4) is 0 Å². The van der Waals surface area contributed by atoms with Gasteiger partial charge in [-0.05, 0) is 160 Å². The Morgan fingerprint density at radius 2 is 1.55 bits per heavy atom. The van der Waals surface area contributed by atoms with Gasteiger partial charge < -0.3 is 38.4 Å². The summed E-state index contributed by atoms with van der Waals surface area (Å²) in [6.45, 7) is 36.6. The molecular formula is C62H101NO11. The van der Waals surface area contributed by atoms with Crippen LogP contribution in [-0.4, -0.2) is 114 Å². The molecular weight excluding hydrogens is 935 g/mol. The first-order valence-corrected chi connectivity index (χ1v) is 28.4. The summed E-state index contributed by atoms with van der Waals surface area (Å²) in [5.74, 6) is -5.52. The maximum Gasteiger partial charge on any atom is 0.329 e. The molecule has 12 heteroatoms. The van der Waals surface area contributed by atoms with Crippen LogP contribution in [0.15, 0.2) is 59.8 Å². The highest BCUT2D eigenvalue weighted by molar-refractivity contribution is 6.39. The minimum atomic E-state index is -2.39. The minimum Gasteiger partial charge on any atom is -0.460 e. The highest BCUT2D eigenvalue weighted by atomic mass is 16.6. The second-order valence-electron chi connectivity index (χ2n) is 25.1. The number of amides is 1. The first kappa shape index (κ1) is 63.3. The van der Waals surface area contributed by atoms with Gasteiger partial charge in [0.1, 0.15) is 17.9 Å². The molecule has 1 N–H and O–H groups in total. The Morgan fingerprint density at radius 3 is 2.20 bits per heavy atom. The van der Waals surface area contributed by atoms with Crippen molar-refractivity contribution in [1.82, 2.24) is 4.90 Å². The number of cyclic esters (lactones) is 1. The SMILES string of the molecule is C=C1[C@H](C)C[C@H](C)/C=C/C=C/C=C(\C)[C@@H](OC)C[C@@H]2CC[C@@H](C)[C@@](O)(O2)C(=O)C(=O)N2CCCC[C@H]2C(=O)O[C@H]([C@H](C)C[C@@H]2CC[C@@H](OCCOC(C)(C)C)[C@H](C)C2)CC(=O)[C@H](C)/C=C(\C)[C@@H](OC(C)(C)C)[C@H]1C. The lowest BCUT2D eigenvalue weighted by Gasteiger charge is -2.42. The fourth-order valence-corrected chi connectivity index (χ4v) is 11.7. The number of ketones is 2. The molecule has 0 unspecified atom stereocenters. The van der Waals surface area contributed by atoms with E-state index >= 15 is 0 Å². The van der Waals surface area contributed by atoms with E-state index in [4.69, 9.17) is 28.4 Å². The molecule has 12 nitrogen and oxygen atoms in total. The Hall–Kier alpha value is -3.26. The average Bonchev–Trinajstić information content (AvgIpc) is 3.32. The molecule has 1 aliphatic carbocycles. The van der Waals surface area contributed by atoms with E-state index in [0.717, 1.165) is 48.8 Å². The number of ether oxygens (including phenoxy) is 6. The number of carbonyl (C=O) groups is 4. The van der Waals surface area contributed by atoms with Crippen molar-refractivity contribution >= 4 is 23.4 Å². The molecule has 2 saturated heterocycles. The van der Waals surface area contributed by atoms with E-state index in [1.54, 1.807) is 14.0 Å². The zero-order chi connectivity index (χ0) is 55.3. The number of methoxy groups -OCH3 is 1. The van der Waals surface area contributed by atoms with Crippen LogP contribution in [-0.2, 0) is 47.6 Å². The number of hydrogen-bond acceptors (Lipinski definition) is 11. The molecule has 2 bridgehead atoms. The Morgan fingerprint density at radius 1 is 0.851 bits per heavy atom. The van der Waals surface area contributed by atoms with Gasteiger partial charge in [-0.25, -0.2) is 4.79 Å². The average molecular weight is 1040 g/mol. The summed E-state index contributed by atoms with van der Waals surface area (Å²) in [4.78, 5) is 59.4. The summed E-state index contributed by atoms with van der Waals surface area (Å²) in [7, 11) is 1.63. The highest BCUT2D eigenvalue weighted by Crippen LogP contribution is 2.39. The van der Waals surface area contributed by atoms with Gasteiger partial charge in [-0.3, -0.25) is 14.4 Å². The van der Waals surface area contributed by atoms with E-state index in [-0.39, 0.29) is 72.8 Å². The van der Waals surface area contributed by atoms with Gasteiger partial charge in [-0.1, -0.05) is 97.1 Å². The van der Waals surface area contributed by atoms with Gasteiger partial charge in [0.25, 0.3) is 11.7 Å². The Balaban J connectivity index is 1.70. The van der Waals surface area contributed by atoms with E-state index in [0.29, 0.717) is 57.2 Å². The number of fused-ring (bicyclic) bond motifs is 3. The highest BCUT2D eigenvalue weighted by Gasteiger charge is 2.53. The third kappa shape index (κ3) is 18.7. The van der Waals surface area contributed by atoms with Gasteiger partial charge in [-0.2, -0.15) is 0 Å². The van der Waals surface area contributed by atoms with Gasteiger partial charge in [0, 0.05) is 44.2 Å². The number of Topliss-reactive ketones (excluding diaryl/α,β-unsaturated/α-hetero) is 2. The first-order valence-electron chi connectivity index (χ1n) is 28.4. The quantitative estimate of drug-likeness (QED) is 0.102. The zero-order valence-electron chi connectivity index (χ0n) is 48.8. The van der Waals surface area contributed by atoms with Gasteiger partial charge in [0.2, 0.25) is 5.79 Å². The van der Waals surface area contributed by atoms with Crippen LogP contribution in [0.2, 0.25) is 0 Å². The lowest BCUT2D eigenvalue weighted by Crippen LogP contribution is -2.61. The molecule has 0 spiro atoms. The number of allylic oxidation sites excluding steroid dienone is 6. The molecule has 0 aromatic heterocycles. The predicted molar refractivity (Wildman–Crippen MR) is 294 cm³/mol. The number of aliphatic hydroxyl groups is 1. The monoisotopic (exact) mass is 1040 g/mol. The maximum atomic E-state index is 14.7. The molecule has 3 heterocycles. The largest absolute Gasteiger partial charge is 0.460 e. The van der Waals surface area contributed by atoms with Gasteiger partial charge >= 0.3 is 5.97 Å². The van der Waals surface area contributed by atoms with Gasteiger partial charge in [0.05, 0.1) is 48.8 Å². The van der Waals surface area contributed by atoms with Crippen molar-refractivity contribution in [2.24, 2.45) is 47.3 Å². The van der Waals surface area contributed by atoms with Gasteiger partial charge in [0.15, 0.2) is 0 Å². The summed E-state index contributed by atoms with van der Waals surface area (Å²) in [6.07, 6.45) is 17.5. The maximum absolute atomic E-state index is 14.7. The smallest absolute Gasteiger partial charge is 0.329 e. The van der Waals surface area contributed by atoms with E-state index in [9.17, 15) is 24.3 Å². The molecule has 74 heavy (non-hydrogen) atoms. The normalized spacial score (nSPS) is 37.4. The standard InChI is InChI=1S/C62H101NO11/c1-39-23-19-18-20-24-40(2)54(69-17)37-50-28-26-46(8)62(68,73-50)57(65)58(66)63-30-22-21-25-51(63)59(67)72-55(44(6)36-49-27-29-53(43(5)35-49)70-31-32-71-60(11,12)13)38-52(64)42(4)34-45(7)56(74-61(14,15)16)48(10)47(9)41(3)33-39/h18-20,23-24,34,39,41-44,46,48-51,53-56,68H,9,21-22,25-33,35-38H2,1-8,10-17H3/b20-18+,23-19+,40-24+,45-34+/t39-,41-,42-,43-,44-,46-,48+,49-,50+,51+,53-,54+,55+,56-,62-/m1/s1. The summed E-state index contributed by atoms with van der Waals surface area (Å²) in [5.41, 5.74) is 2.27. The van der Waals surface area contributed by atoms with E-state index in [1.807, 2.05) is 86.6 Å². The van der Waals surface area contributed by atoms with Crippen LogP contribution in [0.1, 0.15) is 181 Å². The minimum absolute atomic E-state index is 0.0203. The molecule has 4 rings (SSSR count). The number of piperidine rings is 1. The predicted octanol–water partition coefficient (Wildman–Crippen LogP) is 12.1. The van der Waals surface area contributed by atoms with E-state index < -0.39 is 59.1 Å². The fourth-order valence-electron chi connectivity index (χ4n) is 11.7. The van der Waals surface area contributed by atoms with Crippen LogP contribution < -0.4 is 0 Å². The Labute approximate surface area is 447 Å². The lowest BCUT2D eigenvalue weighted by molar-refractivity contribution is -0.265. The molecule has 1 saturated carbocycles. The van der Waals surface area contributed by atoms with Crippen molar-refractivity contribution in [3.63, 3.8) is 0 Å². The van der Waals surface area contributed by atoms with Crippen LogP contribution in [0, 0.1) is 47.3 Å². The Bertz CT molecular complexity index is 1990. The molecule has 1 amide bonds. The number of hydrogen-bond donors (Lipinski definition) is 1. The molecule has 420 valence electrons. The number of nitrogens with zero attached hydrogens (tertiary/aromatic N) is 1. The second kappa shape index (κ2) is 28.4. The third-order valence-corrected chi connectivity index (χ3v) is 16.3. The molecule has 3 aliphatic heterocycles. The molecule has 4 aliphatic rings. The topological polar surface area (TPSA) is 147 Å². The van der Waals surface area contributed by atoms with Crippen LogP contribution in [0.25, 0.3) is 0 Å². The molecule has 0 aromatic carbocycles. The molecule has 0 radical (unpaired) electrons. The van der Waals surface area contributed by atoms with Gasteiger partial charge in [-0.15, -0.1) is 0 Å². The number of carbonyl (C=O) groups excluding carboxylic acids is 4. The number of rotatable bonds is 9. The summed E-state index contributed by atoms with van der Waals surface area (Å²) < 4.78 is 37.7. The van der Waals surface area contributed by atoms with Crippen LogP contribution in [0.5, 0.6) is 0 Å². The second-order valence-corrected chi connectivity index (χ2v) is 25.1. The van der Waals surface area contributed by atoms with Crippen molar-refractivity contribution in [2.75, 3.05) is 26.9 Å². The zero-order valence-corrected chi connectivity index (χ0v) is 48.8. The lowest BCUT2D eigenvalue weighted by atomic mass is 9.75. The van der Waals surface area contributed by atoms with Crippen molar-refractivity contribution in [1.29, 1.82) is 0 Å². The van der Waals surface area contributed by atoms with Crippen molar-refractivity contribution in [3.8, 4) is 0 Å². The van der Waals surface area contributed by atoms with Crippen molar-refractivity contribution < 1.29 is 52.7 Å². The van der Waals surface area contributed by atoms with Crippen molar-refractivity contribution in [3.05, 3.63) is 59.8 Å². The molecule has 3 fully saturated rings. The van der Waals surface area contributed by atoms with Crippen LogP contribution in [0.4, 0.5) is 0 Å². The van der Waals surface area contributed by atoms with Crippen molar-refractivity contribution in [2.45, 2.75) is 234 Å². The summed E-state index contributed by atoms with van der Waals surface area (Å²) in [5, 5.41) is 12.1. The third-order valence-electron chi connectivity index (χ3n) is 16.3. The van der Waals surface area contributed by atoms with Crippen LogP contribution >= 0.6 is 0 Å². The summed E-state index contributed by atoms with van der Waals surface area (Å²) in [6, 6.07) is -1.07. The molecule has 15 atom stereocenters. The van der Waals surface area contributed by atoms with E-state index in [2.05, 4.69) is 53.3 Å². The number of esters is 1. The van der Waals surface area contributed by atoms with E-state index in [1.165, 1.54) is 4.90 Å². The Kier molecular flexibility index (Phi) is 24.3. The summed E-state index contributed by atoms with van der Waals surface area (Å²) >= 11 is 0. The first-order chi connectivity index (χ1) is 34.5.